The first-order valence-corrected chi connectivity index (χ1v) is 8.20. The Morgan fingerprint density at radius 3 is 1.81 bits per heavy atom. The maximum absolute atomic E-state index is 12.1. The van der Waals surface area contributed by atoms with Crippen molar-refractivity contribution >= 4 is 40.8 Å². The summed E-state index contributed by atoms with van der Waals surface area (Å²) in [6.07, 6.45) is -5.60. The molecule has 0 bridgehead atoms. The van der Waals surface area contributed by atoms with Crippen molar-refractivity contribution in [2.75, 3.05) is 7.11 Å². The lowest BCUT2D eigenvalue weighted by atomic mass is 9.99. The Morgan fingerprint density at radius 2 is 1.38 bits per heavy atom. The molecule has 1 fully saturated rings. The predicted molar refractivity (Wildman–Crippen MR) is 86.8 cm³/mol. The molecule has 0 aromatic rings. The molecular weight excluding hydrogens is 372 g/mol. The molecule has 26 heavy (non-hydrogen) atoms. The highest BCUT2D eigenvalue weighted by atomic mass is 32.2. The Labute approximate surface area is 153 Å². The van der Waals surface area contributed by atoms with Crippen LogP contribution in [-0.4, -0.2) is 66.0 Å². The monoisotopic (exact) mass is 392 g/mol. The van der Waals surface area contributed by atoms with Crippen LogP contribution in [0.4, 0.5) is 0 Å². The Kier molecular flexibility index (Phi) is 7.83. The molecule has 0 aromatic carbocycles. The molecule has 1 rings (SSSR count). The van der Waals surface area contributed by atoms with Gasteiger partial charge >= 0.3 is 23.9 Å². The van der Waals surface area contributed by atoms with Crippen LogP contribution in [-0.2, 0) is 42.9 Å². The molecule has 5 atom stereocenters. The molecule has 0 saturated carbocycles. The van der Waals surface area contributed by atoms with E-state index < -0.39 is 58.9 Å². The third kappa shape index (κ3) is 5.88. The van der Waals surface area contributed by atoms with E-state index in [2.05, 4.69) is 4.74 Å². The van der Waals surface area contributed by atoms with Crippen LogP contribution in [0.1, 0.15) is 20.8 Å². The molecule has 146 valence electrons. The van der Waals surface area contributed by atoms with Crippen LogP contribution in [0.15, 0.2) is 0 Å². The molecule has 0 amide bonds. The molecule has 5 unspecified atom stereocenters. The molecular formula is C14H20N2O9S. The number of nitrogens with two attached hydrogens (primary N) is 1. The second-order valence-corrected chi connectivity index (χ2v) is 6.29. The summed E-state index contributed by atoms with van der Waals surface area (Å²) in [5.41, 5.74) is 4.17. The largest absolute Gasteiger partial charge is 0.467 e. The van der Waals surface area contributed by atoms with Gasteiger partial charge in [0.25, 0.3) is 0 Å². The molecule has 1 saturated heterocycles. The van der Waals surface area contributed by atoms with Gasteiger partial charge in [-0.05, 0) is 0 Å². The van der Waals surface area contributed by atoms with E-state index in [1.807, 2.05) is 0 Å². The Bertz CT molecular complexity index is 597. The van der Waals surface area contributed by atoms with Crippen molar-refractivity contribution in [2.45, 2.75) is 50.6 Å². The van der Waals surface area contributed by atoms with Gasteiger partial charge in [0.2, 0.25) is 0 Å². The van der Waals surface area contributed by atoms with E-state index >= 15 is 0 Å². The van der Waals surface area contributed by atoms with Gasteiger partial charge < -0.3 is 29.4 Å². The molecule has 1 aliphatic rings. The number of amidine groups is 1. The van der Waals surface area contributed by atoms with E-state index in [0.29, 0.717) is 11.8 Å². The van der Waals surface area contributed by atoms with Crippen molar-refractivity contribution in [1.82, 2.24) is 0 Å². The number of hydrogen-bond acceptors (Lipinski definition) is 11. The van der Waals surface area contributed by atoms with Gasteiger partial charge in [-0.2, -0.15) is 0 Å². The van der Waals surface area contributed by atoms with Crippen LogP contribution in [0.5, 0.6) is 0 Å². The van der Waals surface area contributed by atoms with E-state index in [1.54, 1.807) is 0 Å². The number of hydrogen-bond donors (Lipinski definition) is 2. The van der Waals surface area contributed by atoms with Crippen molar-refractivity contribution in [3.8, 4) is 0 Å². The summed E-state index contributed by atoms with van der Waals surface area (Å²) in [7, 11) is 1.09. The molecule has 12 heteroatoms. The van der Waals surface area contributed by atoms with Crippen molar-refractivity contribution in [3.05, 3.63) is 0 Å². The lowest BCUT2D eigenvalue weighted by Crippen LogP contribution is -2.62. The fourth-order valence-electron chi connectivity index (χ4n) is 2.30. The van der Waals surface area contributed by atoms with Gasteiger partial charge in [-0.25, -0.2) is 4.79 Å². The van der Waals surface area contributed by atoms with Crippen LogP contribution < -0.4 is 5.73 Å². The van der Waals surface area contributed by atoms with Gasteiger partial charge in [-0.1, -0.05) is 11.8 Å². The quantitative estimate of drug-likeness (QED) is 0.263. The maximum atomic E-state index is 12.1. The summed E-state index contributed by atoms with van der Waals surface area (Å²) in [6.45, 7) is 3.27. The maximum Gasteiger partial charge on any atom is 0.339 e. The first-order chi connectivity index (χ1) is 12.1. The second kappa shape index (κ2) is 9.38. The van der Waals surface area contributed by atoms with Gasteiger partial charge in [0.05, 0.1) is 7.11 Å². The summed E-state index contributed by atoms with van der Waals surface area (Å²) in [5.74, 6) is -3.22. The van der Waals surface area contributed by atoms with Crippen LogP contribution in [0, 0.1) is 5.41 Å². The van der Waals surface area contributed by atoms with E-state index in [0.717, 1.165) is 27.9 Å². The summed E-state index contributed by atoms with van der Waals surface area (Å²) in [4.78, 5) is 46.5. The summed E-state index contributed by atoms with van der Waals surface area (Å²) in [6, 6.07) is 0. The molecule has 1 aliphatic heterocycles. The number of nitrogens with one attached hydrogen (secondary N) is 1. The Balaban J connectivity index is 3.37. The van der Waals surface area contributed by atoms with E-state index in [9.17, 15) is 19.2 Å². The van der Waals surface area contributed by atoms with Gasteiger partial charge in [0.1, 0.15) is 0 Å². The fourth-order valence-corrected chi connectivity index (χ4v) is 3.07. The molecule has 1 heterocycles. The zero-order valence-electron chi connectivity index (χ0n) is 14.5. The molecule has 0 aromatic heterocycles. The van der Waals surface area contributed by atoms with Crippen molar-refractivity contribution < 1.29 is 42.9 Å². The molecule has 0 spiro atoms. The number of ether oxygens (including phenoxy) is 5. The van der Waals surface area contributed by atoms with Crippen molar-refractivity contribution in [2.24, 2.45) is 5.73 Å². The lowest BCUT2D eigenvalue weighted by Gasteiger charge is -2.43. The summed E-state index contributed by atoms with van der Waals surface area (Å²) in [5, 5.41) is 7.00. The smallest absolute Gasteiger partial charge is 0.339 e. The molecule has 3 N–H and O–H groups in total. The average Bonchev–Trinajstić information content (AvgIpc) is 2.50. The zero-order valence-corrected chi connectivity index (χ0v) is 15.4. The number of rotatable bonds is 5. The van der Waals surface area contributed by atoms with Crippen LogP contribution in [0.2, 0.25) is 0 Å². The number of thioether (sulfide) groups is 1. The van der Waals surface area contributed by atoms with Crippen molar-refractivity contribution in [1.29, 1.82) is 5.41 Å². The number of esters is 4. The van der Waals surface area contributed by atoms with Gasteiger partial charge in [-0.15, -0.1) is 0 Å². The number of carbonyl (C=O) groups excluding carboxylic acids is 4. The first kappa shape index (κ1) is 21.7. The molecule has 0 radical (unpaired) electrons. The Morgan fingerprint density at radius 1 is 0.923 bits per heavy atom. The van der Waals surface area contributed by atoms with E-state index in [-0.39, 0.29) is 0 Å². The molecule has 11 nitrogen and oxygen atoms in total. The highest BCUT2D eigenvalue weighted by Crippen LogP contribution is 2.34. The van der Waals surface area contributed by atoms with Crippen molar-refractivity contribution in [3.63, 3.8) is 0 Å². The van der Waals surface area contributed by atoms with Crippen LogP contribution in [0.3, 0.4) is 0 Å². The number of carbonyl (C=O) groups is 4. The summed E-state index contributed by atoms with van der Waals surface area (Å²) >= 11 is 0.631. The van der Waals surface area contributed by atoms with Gasteiger partial charge in [0.15, 0.2) is 35.0 Å². The topological polar surface area (TPSA) is 164 Å². The Hall–Kier alpha value is -2.34. The average molecular weight is 392 g/mol. The highest BCUT2D eigenvalue weighted by Gasteiger charge is 2.55. The third-order valence-electron chi connectivity index (χ3n) is 3.08. The normalized spacial score (nSPS) is 27.8. The predicted octanol–water partition coefficient (Wildman–Crippen LogP) is -0.694. The first-order valence-electron chi connectivity index (χ1n) is 7.32. The van der Waals surface area contributed by atoms with Crippen LogP contribution in [0.25, 0.3) is 0 Å². The minimum atomic E-state index is -1.49. The minimum Gasteiger partial charge on any atom is -0.467 e. The van der Waals surface area contributed by atoms with E-state index in [1.165, 1.54) is 0 Å². The number of methoxy groups -OCH3 is 1. The lowest BCUT2D eigenvalue weighted by molar-refractivity contribution is -0.234. The second-order valence-electron chi connectivity index (χ2n) is 5.15. The SMILES string of the molecule is COC(=O)C1OC(SC(=N)N)C(OC(C)=O)C(OC(C)=O)C1OC(C)=O. The standard InChI is InChI=1S/C14H20N2O9S/c1-5(17)22-8-9(23-6(2)18)11(24-7(3)19)13(26-14(15)16)25-10(8)12(20)21-4/h8-11,13H,1-4H3,(H3,15,16). The zero-order chi connectivity index (χ0) is 20.0. The fraction of sp³-hybridized carbons (Fsp3) is 0.643. The summed E-state index contributed by atoms with van der Waals surface area (Å²) < 4.78 is 25.5. The van der Waals surface area contributed by atoms with Gasteiger partial charge in [0, 0.05) is 20.8 Å². The third-order valence-corrected chi connectivity index (χ3v) is 3.94. The van der Waals surface area contributed by atoms with Gasteiger partial charge in [-0.3, -0.25) is 19.8 Å². The van der Waals surface area contributed by atoms with E-state index in [4.69, 9.17) is 30.1 Å². The highest BCUT2D eigenvalue weighted by molar-refractivity contribution is 8.14. The van der Waals surface area contributed by atoms with Crippen LogP contribution >= 0.6 is 11.8 Å². The molecule has 0 aliphatic carbocycles. The minimum absolute atomic E-state index is 0.400.